The molecule has 1 aromatic carbocycles. The molecule has 0 unspecified atom stereocenters. The molecule has 0 radical (unpaired) electrons. The maximum absolute atomic E-state index is 13.8. The predicted molar refractivity (Wildman–Crippen MR) is 87.1 cm³/mol. The molecule has 1 aromatic rings. The highest BCUT2D eigenvalue weighted by molar-refractivity contribution is 5.79. The summed E-state index contributed by atoms with van der Waals surface area (Å²) in [5.41, 5.74) is 0.494. The Morgan fingerprint density at radius 2 is 2.17 bits per heavy atom. The Morgan fingerprint density at radius 1 is 1.42 bits per heavy atom. The monoisotopic (exact) mass is 337 g/mol. The zero-order valence-electron chi connectivity index (χ0n) is 13.9. The van der Waals surface area contributed by atoms with Gasteiger partial charge in [0.05, 0.1) is 12.5 Å². The molecule has 1 aliphatic heterocycles. The van der Waals surface area contributed by atoms with Gasteiger partial charge in [-0.3, -0.25) is 9.59 Å². The molecule has 0 bridgehead atoms. The molecule has 132 valence electrons. The van der Waals surface area contributed by atoms with Gasteiger partial charge in [-0.25, -0.2) is 4.39 Å². The molecule has 1 N–H and O–H groups in total. The molecule has 2 rings (SSSR count). The number of carbonyl (C=O) groups is 2. The summed E-state index contributed by atoms with van der Waals surface area (Å²) in [5, 5.41) is 8.90. The molecule has 0 saturated carbocycles. The SMILES string of the molecule is C[C@H](Cc1ccccc1F)C(=O)N(CCC(=O)O)C[C@@H]1CCCO1. The Hall–Kier alpha value is -1.95. The van der Waals surface area contributed by atoms with Crippen LogP contribution in [0.5, 0.6) is 0 Å². The normalized spacial score (nSPS) is 18.3. The van der Waals surface area contributed by atoms with Gasteiger partial charge in [0.25, 0.3) is 0 Å². The van der Waals surface area contributed by atoms with Crippen molar-refractivity contribution in [2.75, 3.05) is 19.7 Å². The van der Waals surface area contributed by atoms with Crippen LogP contribution < -0.4 is 0 Å². The molecular formula is C18H24FNO4. The van der Waals surface area contributed by atoms with Crippen molar-refractivity contribution < 1.29 is 23.8 Å². The first-order chi connectivity index (χ1) is 11.5. The number of nitrogens with zero attached hydrogens (tertiary/aromatic N) is 1. The van der Waals surface area contributed by atoms with Crippen molar-refractivity contribution in [1.29, 1.82) is 0 Å². The Bertz CT molecular complexity index is 572. The first-order valence-corrected chi connectivity index (χ1v) is 8.33. The van der Waals surface area contributed by atoms with E-state index in [1.807, 2.05) is 0 Å². The van der Waals surface area contributed by atoms with Crippen LogP contribution in [0, 0.1) is 11.7 Å². The summed E-state index contributed by atoms with van der Waals surface area (Å²) in [6.45, 7) is 2.97. The van der Waals surface area contributed by atoms with Crippen molar-refractivity contribution in [2.24, 2.45) is 5.92 Å². The number of benzene rings is 1. The number of hydrogen-bond acceptors (Lipinski definition) is 3. The van der Waals surface area contributed by atoms with E-state index in [9.17, 15) is 14.0 Å². The van der Waals surface area contributed by atoms with Crippen molar-refractivity contribution in [3.8, 4) is 0 Å². The van der Waals surface area contributed by atoms with Crippen LogP contribution in [0.15, 0.2) is 24.3 Å². The van der Waals surface area contributed by atoms with Crippen LogP contribution in [0.2, 0.25) is 0 Å². The van der Waals surface area contributed by atoms with Gasteiger partial charge in [-0.15, -0.1) is 0 Å². The number of aliphatic carboxylic acids is 1. The summed E-state index contributed by atoms with van der Waals surface area (Å²) in [7, 11) is 0. The van der Waals surface area contributed by atoms with E-state index in [4.69, 9.17) is 9.84 Å². The second kappa shape index (κ2) is 8.78. The second-order valence-electron chi connectivity index (χ2n) is 6.26. The zero-order chi connectivity index (χ0) is 17.5. The van der Waals surface area contributed by atoms with Gasteiger partial charge in [-0.05, 0) is 30.9 Å². The Morgan fingerprint density at radius 3 is 2.79 bits per heavy atom. The number of carboxylic acids is 1. The van der Waals surface area contributed by atoms with Crippen molar-refractivity contribution in [3.05, 3.63) is 35.6 Å². The lowest BCUT2D eigenvalue weighted by Crippen LogP contribution is -2.42. The summed E-state index contributed by atoms with van der Waals surface area (Å²) in [4.78, 5) is 25.1. The predicted octanol–water partition coefficient (Wildman–Crippen LogP) is 2.49. The standard InChI is InChI=1S/C18H24FNO4/c1-13(11-14-5-2-3-7-16(14)19)18(23)20(9-8-17(21)22)12-15-6-4-10-24-15/h2-3,5,7,13,15H,4,6,8-12H2,1H3,(H,21,22)/t13-,15+/m1/s1. The Kier molecular flexibility index (Phi) is 6.73. The Balaban J connectivity index is 2.01. The summed E-state index contributed by atoms with van der Waals surface area (Å²) < 4.78 is 19.3. The summed E-state index contributed by atoms with van der Waals surface area (Å²) in [6.07, 6.45) is 1.98. The summed E-state index contributed by atoms with van der Waals surface area (Å²) in [6, 6.07) is 6.40. The van der Waals surface area contributed by atoms with Crippen LogP contribution in [0.1, 0.15) is 31.7 Å². The van der Waals surface area contributed by atoms with E-state index < -0.39 is 11.9 Å². The zero-order valence-corrected chi connectivity index (χ0v) is 13.9. The van der Waals surface area contributed by atoms with Crippen molar-refractivity contribution in [1.82, 2.24) is 4.90 Å². The number of rotatable bonds is 8. The minimum Gasteiger partial charge on any atom is -0.481 e. The minimum atomic E-state index is -0.943. The van der Waals surface area contributed by atoms with Crippen LogP contribution in [0.4, 0.5) is 4.39 Å². The number of hydrogen-bond donors (Lipinski definition) is 1. The van der Waals surface area contributed by atoms with Gasteiger partial charge in [0.2, 0.25) is 5.91 Å². The molecule has 5 nitrogen and oxygen atoms in total. The van der Waals surface area contributed by atoms with E-state index in [-0.39, 0.29) is 30.8 Å². The van der Waals surface area contributed by atoms with Crippen LogP contribution in [0.3, 0.4) is 0 Å². The van der Waals surface area contributed by atoms with E-state index in [1.165, 1.54) is 6.07 Å². The first-order valence-electron chi connectivity index (χ1n) is 8.33. The van der Waals surface area contributed by atoms with Crippen LogP contribution in [-0.4, -0.2) is 47.7 Å². The Labute approximate surface area is 141 Å². The van der Waals surface area contributed by atoms with E-state index in [0.717, 1.165) is 12.8 Å². The lowest BCUT2D eigenvalue weighted by Gasteiger charge is -2.27. The van der Waals surface area contributed by atoms with E-state index in [1.54, 1.807) is 30.0 Å². The van der Waals surface area contributed by atoms with Gasteiger partial charge in [0.1, 0.15) is 5.82 Å². The number of amides is 1. The number of carboxylic acid groups (broad SMARTS) is 1. The van der Waals surface area contributed by atoms with Crippen LogP contribution >= 0.6 is 0 Å². The molecule has 1 heterocycles. The van der Waals surface area contributed by atoms with Crippen LogP contribution in [0.25, 0.3) is 0 Å². The third kappa shape index (κ3) is 5.30. The molecule has 1 amide bonds. The largest absolute Gasteiger partial charge is 0.481 e. The van der Waals surface area contributed by atoms with Gasteiger partial charge >= 0.3 is 5.97 Å². The van der Waals surface area contributed by atoms with E-state index in [2.05, 4.69) is 0 Å². The third-order valence-electron chi connectivity index (χ3n) is 4.26. The number of carbonyl (C=O) groups excluding carboxylic acids is 1. The molecule has 2 atom stereocenters. The highest BCUT2D eigenvalue weighted by Crippen LogP contribution is 2.18. The van der Waals surface area contributed by atoms with Gasteiger partial charge in [-0.1, -0.05) is 25.1 Å². The van der Waals surface area contributed by atoms with E-state index in [0.29, 0.717) is 25.1 Å². The fourth-order valence-corrected chi connectivity index (χ4v) is 2.95. The van der Waals surface area contributed by atoms with E-state index >= 15 is 0 Å². The quantitative estimate of drug-likeness (QED) is 0.791. The van der Waals surface area contributed by atoms with Crippen molar-refractivity contribution in [3.63, 3.8) is 0 Å². The first kappa shape index (κ1) is 18.4. The maximum atomic E-state index is 13.8. The minimum absolute atomic E-state index is 0.0385. The lowest BCUT2D eigenvalue weighted by molar-refractivity contribution is -0.140. The average molecular weight is 337 g/mol. The maximum Gasteiger partial charge on any atom is 0.305 e. The highest BCUT2D eigenvalue weighted by atomic mass is 19.1. The van der Waals surface area contributed by atoms with Gasteiger partial charge in [0, 0.05) is 25.6 Å². The summed E-state index contributed by atoms with van der Waals surface area (Å²) >= 11 is 0. The van der Waals surface area contributed by atoms with Gasteiger partial charge in [0.15, 0.2) is 0 Å². The van der Waals surface area contributed by atoms with Crippen molar-refractivity contribution >= 4 is 11.9 Å². The third-order valence-corrected chi connectivity index (χ3v) is 4.26. The second-order valence-corrected chi connectivity index (χ2v) is 6.26. The molecule has 0 aliphatic carbocycles. The fraction of sp³-hybridized carbons (Fsp3) is 0.556. The van der Waals surface area contributed by atoms with Gasteiger partial charge < -0.3 is 14.7 Å². The molecule has 1 saturated heterocycles. The van der Waals surface area contributed by atoms with Gasteiger partial charge in [-0.2, -0.15) is 0 Å². The molecule has 6 heteroatoms. The highest BCUT2D eigenvalue weighted by Gasteiger charge is 2.26. The number of halogens is 1. The smallest absolute Gasteiger partial charge is 0.305 e. The molecule has 24 heavy (non-hydrogen) atoms. The topological polar surface area (TPSA) is 66.8 Å². The summed E-state index contributed by atoms with van der Waals surface area (Å²) in [5.74, 6) is -1.85. The molecule has 1 fully saturated rings. The van der Waals surface area contributed by atoms with Crippen molar-refractivity contribution in [2.45, 2.75) is 38.7 Å². The molecule has 1 aliphatic rings. The molecular weight excluding hydrogens is 313 g/mol. The van der Waals surface area contributed by atoms with Crippen LogP contribution in [-0.2, 0) is 20.7 Å². The molecule has 0 spiro atoms. The molecule has 0 aromatic heterocycles. The number of ether oxygens (including phenoxy) is 1. The lowest BCUT2D eigenvalue weighted by atomic mass is 9.99. The average Bonchev–Trinajstić information content (AvgIpc) is 3.05. The fourth-order valence-electron chi connectivity index (χ4n) is 2.95.